The van der Waals surface area contributed by atoms with Crippen LogP contribution in [0.4, 0.5) is 10.5 Å². The number of halogens is 2. The highest BCUT2D eigenvalue weighted by Gasteiger charge is 2.37. The van der Waals surface area contributed by atoms with Gasteiger partial charge in [-0.1, -0.05) is 71.7 Å². The molecular formula is C25H18Cl2N2O3. The van der Waals surface area contributed by atoms with Crippen LogP contribution in [-0.4, -0.2) is 17.8 Å². The number of anilines is 1. The van der Waals surface area contributed by atoms with E-state index in [-0.39, 0.29) is 5.57 Å². The van der Waals surface area contributed by atoms with Crippen LogP contribution in [0.25, 0.3) is 6.08 Å². The van der Waals surface area contributed by atoms with Crippen molar-refractivity contribution in [2.24, 2.45) is 0 Å². The average Bonchev–Trinajstić information content (AvgIpc) is 2.77. The van der Waals surface area contributed by atoms with E-state index in [0.29, 0.717) is 33.3 Å². The van der Waals surface area contributed by atoms with E-state index in [0.717, 1.165) is 16.0 Å². The van der Waals surface area contributed by atoms with Crippen LogP contribution in [0.1, 0.15) is 22.3 Å². The Hall–Kier alpha value is -3.41. The number of amides is 4. The number of nitrogens with one attached hydrogen (secondary N) is 1. The van der Waals surface area contributed by atoms with Gasteiger partial charge in [-0.3, -0.25) is 14.9 Å². The van der Waals surface area contributed by atoms with Crippen LogP contribution in [0.5, 0.6) is 0 Å². The van der Waals surface area contributed by atoms with Crippen molar-refractivity contribution in [2.75, 3.05) is 4.90 Å². The van der Waals surface area contributed by atoms with Crippen molar-refractivity contribution in [2.45, 2.75) is 13.3 Å². The number of urea groups is 1. The molecule has 1 aliphatic heterocycles. The van der Waals surface area contributed by atoms with Crippen LogP contribution in [0.3, 0.4) is 0 Å². The van der Waals surface area contributed by atoms with E-state index in [1.165, 1.54) is 6.08 Å². The fourth-order valence-corrected chi connectivity index (χ4v) is 3.85. The second-order valence-corrected chi connectivity index (χ2v) is 8.17. The molecule has 0 aliphatic carbocycles. The summed E-state index contributed by atoms with van der Waals surface area (Å²) >= 11 is 12.4. The molecule has 0 spiro atoms. The molecule has 1 fully saturated rings. The van der Waals surface area contributed by atoms with Gasteiger partial charge in [0.2, 0.25) is 0 Å². The lowest BCUT2D eigenvalue weighted by atomic mass is 10.0. The highest BCUT2D eigenvalue weighted by Crippen LogP contribution is 2.29. The van der Waals surface area contributed by atoms with Gasteiger partial charge in [-0.2, -0.15) is 0 Å². The SMILES string of the molecule is Cc1c(Cl)cccc1N1C(=O)NC(=O)/C(=C\c2ccc(Cc3ccccc3Cl)cc2)C1=O. The van der Waals surface area contributed by atoms with E-state index >= 15 is 0 Å². The van der Waals surface area contributed by atoms with Gasteiger partial charge >= 0.3 is 6.03 Å². The quantitative estimate of drug-likeness (QED) is 0.405. The molecule has 1 saturated heterocycles. The monoisotopic (exact) mass is 464 g/mol. The Morgan fingerprint density at radius 1 is 0.875 bits per heavy atom. The highest BCUT2D eigenvalue weighted by molar-refractivity contribution is 6.40. The number of hydrogen-bond donors (Lipinski definition) is 1. The minimum atomic E-state index is -0.808. The lowest BCUT2D eigenvalue weighted by Crippen LogP contribution is -2.54. The number of hydrogen-bond acceptors (Lipinski definition) is 3. The summed E-state index contributed by atoms with van der Waals surface area (Å²) in [6, 6.07) is 19.2. The number of carbonyl (C=O) groups excluding carboxylic acids is 3. The van der Waals surface area contributed by atoms with Gasteiger partial charge in [0.15, 0.2) is 0 Å². The van der Waals surface area contributed by atoms with Crippen LogP contribution in [0, 0.1) is 6.92 Å². The molecule has 0 atom stereocenters. The van der Waals surface area contributed by atoms with Gasteiger partial charge in [-0.15, -0.1) is 0 Å². The van der Waals surface area contributed by atoms with Crippen LogP contribution in [0.15, 0.2) is 72.3 Å². The van der Waals surface area contributed by atoms with Gasteiger partial charge in [0.05, 0.1) is 5.69 Å². The summed E-state index contributed by atoms with van der Waals surface area (Å²) in [7, 11) is 0. The van der Waals surface area contributed by atoms with Crippen LogP contribution >= 0.6 is 23.2 Å². The summed E-state index contributed by atoms with van der Waals surface area (Å²) in [6.07, 6.45) is 2.13. The number of imide groups is 2. The number of barbiturate groups is 1. The van der Waals surface area contributed by atoms with E-state index in [1.54, 1.807) is 25.1 Å². The van der Waals surface area contributed by atoms with Crippen molar-refractivity contribution < 1.29 is 14.4 Å². The first kappa shape index (κ1) is 21.8. The Morgan fingerprint density at radius 3 is 2.28 bits per heavy atom. The van der Waals surface area contributed by atoms with Crippen LogP contribution < -0.4 is 10.2 Å². The summed E-state index contributed by atoms with van der Waals surface area (Å²) in [6.45, 7) is 1.70. The van der Waals surface area contributed by atoms with Gasteiger partial charge < -0.3 is 0 Å². The van der Waals surface area contributed by atoms with E-state index in [9.17, 15) is 14.4 Å². The molecule has 0 saturated carbocycles. The van der Waals surface area contributed by atoms with Crippen molar-refractivity contribution >= 4 is 52.8 Å². The van der Waals surface area contributed by atoms with E-state index in [2.05, 4.69) is 5.32 Å². The highest BCUT2D eigenvalue weighted by atomic mass is 35.5. The number of carbonyl (C=O) groups is 3. The molecule has 0 unspecified atom stereocenters. The summed E-state index contributed by atoms with van der Waals surface area (Å²) in [5.41, 5.74) is 3.45. The summed E-state index contributed by atoms with van der Waals surface area (Å²) < 4.78 is 0. The first-order valence-electron chi connectivity index (χ1n) is 9.84. The van der Waals surface area contributed by atoms with Crippen molar-refractivity contribution in [3.05, 3.63) is 105 Å². The minimum absolute atomic E-state index is 0.136. The van der Waals surface area contributed by atoms with Crippen molar-refractivity contribution in [3.8, 4) is 0 Å². The second kappa shape index (κ2) is 8.99. The Morgan fingerprint density at radius 2 is 1.56 bits per heavy atom. The first-order chi connectivity index (χ1) is 15.3. The Kier molecular flexibility index (Phi) is 6.12. The second-order valence-electron chi connectivity index (χ2n) is 7.35. The lowest BCUT2D eigenvalue weighted by molar-refractivity contribution is -0.122. The smallest absolute Gasteiger partial charge is 0.273 e. The molecule has 32 heavy (non-hydrogen) atoms. The maximum atomic E-state index is 13.1. The molecule has 1 heterocycles. The van der Waals surface area contributed by atoms with Gasteiger partial charge in [0.1, 0.15) is 5.57 Å². The van der Waals surface area contributed by atoms with E-state index in [1.807, 2.05) is 48.5 Å². The third-order valence-corrected chi connectivity index (χ3v) is 6.00. The van der Waals surface area contributed by atoms with E-state index < -0.39 is 17.8 Å². The third-order valence-electron chi connectivity index (χ3n) is 5.22. The third kappa shape index (κ3) is 4.31. The van der Waals surface area contributed by atoms with Crippen molar-refractivity contribution in [1.82, 2.24) is 5.32 Å². The predicted molar refractivity (Wildman–Crippen MR) is 126 cm³/mol. The molecular weight excluding hydrogens is 447 g/mol. The normalized spacial score (nSPS) is 15.3. The number of rotatable bonds is 4. The van der Waals surface area contributed by atoms with Gasteiger partial charge in [0, 0.05) is 10.0 Å². The number of benzene rings is 3. The zero-order valence-corrected chi connectivity index (χ0v) is 18.6. The largest absolute Gasteiger partial charge is 0.335 e. The lowest BCUT2D eigenvalue weighted by Gasteiger charge is -2.27. The fourth-order valence-electron chi connectivity index (χ4n) is 3.47. The van der Waals surface area contributed by atoms with Gasteiger partial charge in [0.25, 0.3) is 11.8 Å². The molecule has 3 aromatic carbocycles. The van der Waals surface area contributed by atoms with Crippen LogP contribution in [0.2, 0.25) is 10.0 Å². The van der Waals surface area contributed by atoms with Crippen molar-refractivity contribution in [3.63, 3.8) is 0 Å². The molecule has 7 heteroatoms. The molecule has 4 amide bonds. The molecule has 0 bridgehead atoms. The maximum absolute atomic E-state index is 13.1. The Bertz CT molecular complexity index is 1270. The molecule has 0 aromatic heterocycles. The summed E-state index contributed by atoms with van der Waals surface area (Å²) in [5.74, 6) is -1.44. The predicted octanol–water partition coefficient (Wildman–Crippen LogP) is 5.56. The molecule has 4 rings (SSSR count). The topological polar surface area (TPSA) is 66.5 Å². The van der Waals surface area contributed by atoms with Crippen molar-refractivity contribution in [1.29, 1.82) is 0 Å². The zero-order valence-electron chi connectivity index (χ0n) is 17.1. The fraction of sp³-hybridized carbons (Fsp3) is 0.0800. The van der Waals surface area contributed by atoms with Crippen LogP contribution in [-0.2, 0) is 16.0 Å². The molecule has 160 valence electrons. The summed E-state index contributed by atoms with van der Waals surface area (Å²) in [5, 5.41) is 3.34. The average molecular weight is 465 g/mol. The molecule has 5 nitrogen and oxygen atoms in total. The standard InChI is InChI=1S/C25H18Cl2N2O3/c1-15-20(26)7-4-8-22(15)29-24(31)19(23(30)28-25(29)32)14-17-11-9-16(10-12-17)13-18-5-2-3-6-21(18)27/h2-12,14H,13H2,1H3,(H,28,30,32)/b19-14+. The number of nitrogens with zero attached hydrogens (tertiary/aromatic N) is 1. The molecule has 3 aromatic rings. The molecule has 1 aliphatic rings. The Balaban J connectivity index is 1.62. The Labute approximate surface area is 195 Å². The minimum Gasteiger partial charge on any atom is -0.273 e. The maximum Gasteiger partial charge on any atom is 0.335 e. The molecule has 0 radical (unpaired) electrons. The molecule has 1 N–H and O–H groups in total. The van der Waals surface area contributed by atoms with E-state index in [4.69, 9.17) is 23.2 Å². The first-order valence-corrected chi connectivity index (χ1v) is 10.6. The van der Waals surface area contributed by atoms with Gasteiger partial charge in [-0.05, 0) is 59.9 Å². The van der Waals surface area contributed by atoms with Gasteiger partial charge in [-0.25, -0.2) is 9.69 Å². The summed E-state index contributed by atoms with van der Waals surface area (Å²) in [4.78, 5) is 38.8. The zero-order chi connectivity index (χ0) is 22.8.